The Hall–Kier alpha value is -1.28. The molecule has 2 atom stereocenters. The number of amides is 1. The molecular formula is C8H9N3O. The molecule has 0 aromatic heterocycles. The molecule has 0 bridgehead atoms. The van der Waals surface area contributed by atoms with Crippen LogP contribution in [0, 0.1) is 17.8 Å². The lowest BCUT2D eigenvalue weighted by Crippen LogP contribution is -1.96. The van der Waals surface area contributed by atoms with Crippen LogP contribution >= 0.6 is 0 Å². The molecule has 0 heterocycles. The zero-order valence-electron chi connectivity index (χ0n) is 6.55. The van der Waals surface area contributed by atoms with Gasteiger partial charge in [-0.1, -0.05) is 12.2 Å². The number of azide groups is 1. The van der Waals surface area contributed by atoms with E-state index >= 15 is 0 Å². The van der Waals surface area contributed by atoms with Crippen LogP contribution in [-0.4, -0.2) is 5.91 Å². The minimum atomic E-state index is -0.267. The minimum absolute atomic E-state index is 0.0240. The smallest absolute Gasteiger partial charge is 0.222 e. The predicted molar refractivity (Wildman–Crippen MR) is 43.0 cm³/mol. The van der Waals surface area contributed by atoms with E-state index in [-0.39, 0.29) is 11.8 Å². The zero-order chi connectivity index (χ0) is 8.55. The standard InChI is InChI=1S/C8H9N3O/c9-11-10-8(12)7-5-3-1-2-4-6(5)7/h1-2,5-7H,3-4H2. The Labute approximate surface area is 69.9 Å². The number of carbonyl (C=O) groups excluding carboxylic acids is 1. The first-order valence-corrected chi connectivity index (χ1v) is 4.08. The van der Waals surface area contributed by atoms with E-state index < -0.39 is 0 Å². The minimum Gasteiger partial charge on any atom is -0.292 e. The van der Waals surface area contributed by atoms with Gasteiger partial charge in [-0.05, 0) is 35.3 Å². The van der Waals surface area contributed by atoms with Crippen molar-refractivity contribution in [1.29, 1.82) is 0 Å². The summed E-state index contributed by atoms with van der Waals surface area (Å²) in [7, 11) is 0. The molecule has 4 heteroatoms. The summed E-state index contributed by atoms with van der Waals surface area (Å²) in [6.07, 6.45) is 6.15. The summed E-state index contributed by atoms with van der Waals surface area (Å²) >= 11 is 0. The molecule has 4 nitrogen and oxygen atoms in total. The third-order valence-electron chi connectivity index (χ3n) is 2.74. The molecule has 0 spiro atoms. The Morgan fingerprint density at radius 1 is 1.42 bits per heavy atom. The maximum Gasteiger partial charge on any atom is 0.222 e. The van der Waals surface area contributed by atoms with Gasteiger partial charge in [-0.15, -0.1) is 0 Å². The van der Waals surface area contributed by atoms with Crippen LogP contribution in [0.3, 0.4) is 0 Å². The van der Waals surface area contributed by atoms with Gasteiger partial charge in [0.2, 0.25) is 5.91 Å². The van der Waals surface area contributed by atoms with E-state index in [1.807, 2.05) is 0 Å². The second-order valence-corrected chi connectivity index (χ2v) is 3.32. The monoisotopic (exact) mass is 163 g/mol. The number of rotatable bonds is 1. The fourth-order valence-corrected chi connectivity index (χ4v) is 2.07. The Balaban J connectivity index is 2.03. The van der Waals surface area contributed by atoms with Gasteiger partial charge in [0.05, 0.1) is 0 Å². The maximum atomic E-state index is 11.1. The van der Waals surface area contributed by atoms with E-state index in [2.05, 4.69) is 22.2 Å². The normalized spacial score (nSPS) is 36.5. The highest BCUT2D eigenvalue weighted by atomic mass is 16.2. The summed E-state index contributed by atoms with van der Waals surface area (Å²) in [5.41, 5.74) is 8.07. The molecule has 0 aliphatic heterocycles. The van der Waals surface area contributed by atoms with Gasteiger partial charge in [0.25, 0.3) is 0 Å². The third kappa shape index (κ3) is 1.01. The van der Waals surface area contributed by atoms with Gasteiger partial charge >= 0.3 is 0 Å². The van der Waals surface area contributed by atoms with Crippen LogP contribution in [0.2, 0.25) is 0 Å². The maximum absolute atomic E-state index is 11.1. The molecule has 0 radical (unpaired) electrons. The molecule has 2 unspecified atom stereocenters. The Morgan fingerprint density at radius 2 is 2.00 bits per heavy atom. The SMILES string of the molecule is [N-]=[N+]=NC(=O)C1C2CC=CCC21. The van der Waals surface area contributed by atoms with Gasteiger partial charge in [0.1, 0.15) is 0 Å². The van der Waals surface area contributed by atoms with Gasteiger partial charge in [0.15, 0.2) is 0 Å². The van der Waals surface area contributed by atoms with Crippen molar-refractivity contribution in [3.05, 3.63) is 22.6 Å². The molecule has 2 rings (SSSR count). The summed E-state index contributed by atoms with van der Waals surface area (Å²) in [4.78, 5) is 13.6. The van der Waals surface area contributed by atoms with E-state index in [9.17, 15) is 4.79 Å². The number of allylic oxidation sites excluding steroid dienone is 2. The Bertz CT molecular complexity index is 277. The van der Waals surface area contributed by atoms with Crippen LogP contribution in [0.15, 0.2) is 17.3 Å². The van der Waals surface area contributed by atoms with Crippen LogP contribution in [0.25, 0.3) is 10.4 Å². The van der Waals surface area contributed by atoms with Crippen LogP contribution < -0.4 is 0 Å². The zero-order valence-corrected chi connectivity index (χ0v) is 6.55. The van der Waals surface area contributed by atoms with Gasteiger partial charge in [-0.2, -0.15) is 0 Å². The lowest BCUT2D eigenvalue weighted by Gasteiger charge is -1.96. The second-order valence-electron chi connectivity index (χ2n) is 3.32. The predicted octanol–water partition coefficient (Wildman–Crippen LogP) is 2.04. The summed E-state index contributed by atoms with van der Waals surface area (Å²) in [5.74, 6) is 0.688. The van der Waals surface area contributed by atoms with Crippen molar-refractivity contribution in [2.24, 2.45) is 22.9 Å². The summed E-state index contributed by atoms with van der Waals surface area (Å²) in [5, 5.41) is 3.12. The molecule has 1 fully saturated rings. The van der Waals surface area contributed by atoms with Gasteiger partial charge in [-0.25, -0.2) is 0 Å². The number of hydrogen-bond donors (Lipinski definition) is 0. The highest BCUT2D eigenvalue weighted by Gasteiger charge is 2.53. The molecule has 2 aliphatic carbocycles. The van der Waals surface area contributed by atoms with Crippen molar-refractivity contribution in [3.8, 4) is 0 Å². The van der Waals surface area contributed by atoms with Crippen LogP contribution in [0.1, 0.15) is 12.8 Å². The first-order chi connectivity index (χ1) is 5.84. The molecule has 2 aliphatic rings. The van der Waals surface area contributed by atoms with Crippen LogP contribution in [-0.2, 0) is 4.79 Å². The molecule has 0 aromatic rings. The first-order valence-electron chi connectivity index (χ1n) is 4.08. The third-order valence-corrected chi connectivity index (χ3v) is 2.74. The van der Waals surface area contributed by atoms with Crippen molar-refractivity contribution >= 4 is 5.91 Å². The van der Waals surface area contributed by atoms with Crippen molar-refractivity contribution < 1.29 is 4.79 Å². The fourth-order valence-electron chi connectivity index (χ4n) is 2.07. The highest BCUT2D eigenvalue weighted by Crippen LogP contribution is 2.53. The molecule has 12 heavy (non-hydrogen) atoms. The van der Waals surface area contributed by atoms with Gasteiger partial charge in [0, 0.05) is 10.8 Å². The van der Waals surface area contributed by atoms with Gasteiger partial charge < -0.3 is 0 Å². The van der Waals surface area contributed by atoms with E-state index in [1.54, 1.807) is 0 Å². The number of fused-ring (bicyclic) bond motifs is 1. The van der Waals surface area contributed by atoms with Gasteiger partial charge in [-0.3, -0.25) is 4.79 Å². The first kappa shape index (κ1) is 7.37. The number of hydrogen-bond acceptors (Lipinski definition) is 1. The molecular weight excluding hydrogens is 154 g/mol. The Kier molecular flexibility index (Phi) is 1.62. The van der Waals surface area contributed by atoms with E-state index in [4.69, 9.17) is 5.53 Å². The van der Waals surface area contributed by atoms with Crippen molar-refractivity contribution in [2.45, 2.75) is 12.8 Å². The van der Waals surface area contributed by atoms with E-state index in [0.717, 1.165) is 12.8 Å². The van der Waals surface area contributed by atoms with Crippen molar-refractivity contribution in [3.63, 3.8) is 0 Å². The number of nitrogens with zero attached hydrogens (tertiary/aromatic N) is 3. The fraction of sp³-hybridized carbons (Fsp3) is 0.625. The average Bonchev–Trinajstić information content (AvgIpc) is 2.78. The molecule has 1 amide bonds. The van der Waals surface area contributed by atoms with E-state index in [1.165, 1.54) is 0 Å². The van der Waals surface area contributed by atoms with Crippen molar-refractivity contribution in [1.82, 2.24) is 0 Å². The molecule has 0 N–H and O–H groups in total. The topological polar surface area (TPSA) is 65.8 Å². The average molecular weight is 163 g/mol. The molecule has 62 valence electrons. The quantitative estimate of drug-likeness (QED) is 0.252. The Morgan fingerprint density at radius 3 is 2.50 bits per heavy atom. The molecule has 1 saturated carbocycles. The van der Waals surface area contributed by atoms with E-state index in [0.29, 0.717) is 11.8 Å². The lowest BCUT2D eigenvalue weighted by molar-refractivity contribution is -0.119. The highest BCUT2D eigenvalue weighted by molar-refractivity contribution is 5.83. The summed E-state index contributed by atoms with van der Waals surface area (Å²) < 4.78 is 0. The molecule has 0 aromatic carbocycles. The summed E-state index contributed by atoms with van der Waals surface area (Å²) in [6.45, 7) is 0. The van der Waals surface area contributed by atoms with Crippen LogP contribution in [0.4, 0.5) is 0 Å². The molecule has 0 saturated heterocycles. The summed E-state index contributed by atoms with van der Waals surface area (Å²) in [6, 6.07) is 0. The lowest BCUT2D eigenvalue weighted by atomic mass is 10.1. The largest absolute Gasteiger partial charge is 0.292 e. The van der Waals surface area contributed by atoms with Crippen molar-refractivity contribution in [2.75, 3.05) is 0 Å². The van der Waals surface area contributed by atoms with Crippen LogP contribution in [0.5, 0.6) is 0 Å². The number of carbonyl (C=O) groups is 1. The second kappa shape index (κ2) is 2.64.